The third-order valence-corrected chi connectivity index (χ3v) is 5.02. The van der Waals surface area contributed by atoms with E-state index in [9.17, 15) is 13.2 Å². The first-order chi connectivity index (χ1) is 11.9. The van der Waals surface area contributed by atoms with Crippen LogP contribution in [-0.4, -0.2) is 14.2 Å². The molecule has 7 heteroatoms. The van der Waals surface area contributed by atoms with E-state index in [1.54, 1.807) is 0 Å². The number of benzene rings is 2. The van der Waals surface area contributed by atoms with Gasteiger partial charge in [0.05, 0.1) is 12.0 Å². The van der Waals surface area contributed by atoms with Crippen LogP contribution in [0.4, 0.5) is 0 Å². The Bertz CT molecular complexity index is 967. The van der Waals surface area contributed by atoms with Crippen molar-refractivity contribution < 1.29 is 22.1 Å². The zero-order chi connectivity index (χ0) is 17.6. The molecule has 1 atom stereocenters. The molecular weight excluding hydrogens is 342 g/mol. The lowest BCUT2D eigenvalue weighted by molar-refractivity contribution is 0.0850. The molecule has 0 amide bonds. The minimum atomic E-state index is -4.13. The van der Waals surface area contributed by atoms with E-state index in [0.29, 0.717) is 11.3 Å². The SMILES string of the molecule is NS(=O)(=O)Oc1ccc2c(c1)OC(c1ccc3c(c1)CCC3)CC2=O. The molecule has 4 rings (SSSR count). The minimum Gasteiger partial charge on any atom is -0.484 e. The lowest BCUT2D eigenvalue weighted by Gasteiger charge is -2.26. The van der Waals surface area contributed by atoms with E-state index >= 15 is 0 Å². The van der Waals surface area contributed by atoms with Crippen molar-refractivity contribution >= 4 is 16.1 Å². The summed E-state index contributed by atoms with van der Waals surface area (Å²) in [6.07, 6.45) is 3.15. The van der Waals surface area contributed by atoms with Crippen molar-refractivity contribution in [2.24, 2.45) is 5.14 Å². The third kappa shape index (κ3) is 3.25. The number of carbonyl (C=O) groups is 1. The lowest BCUT2D eigenvalue weighted by atomic mass is 9.94. The lowest BCUT2D eigenvalue weighted by Crippen LogP contribution is -2.22. The van der Waals surface area contributed by atoms with Gasteiger partial charge < -0.3 is 8.92 Å². The van der Waals surface area contributed by atoms with Crippen LogP contribution in [0, 0.1) is 0 Å². The molecule has 0 bridgehead atoms. The van der Waals surface area contributed by atoms with Crippen molar-refractivity contribution in [2.75, 3.05) is 0 Å². The van der Waals surface area contributed by atoms with Crippen LogP contribution < -0.4 is 14.1 Å². The Morgan fingerprint density at radius 1 is 1.08 bits per heavy atom. The number of ether oxygens (including phenoxy) is 1. The van der Waals surface area contributed by atoms with Gasteiger partial charge in [-0.25, -0.2) is 0 Å². The van der Waals surface area contributed by atoms with Crippen LogP contribution in [0.1, 0.15) is 46.0 Å². The van der Waals surface area contributed by atoms with Crippen molar-refractivity contribution in [2.45, 2.75) is 31.8 Å². The summed E-state index contributed by atoms with van der Waals surface area (Å²) in [6.45, 7) is 0. The number of carbonyl (C=O) groups excluding carboxylic acids is 1. The maximum Gasteiger partial charge on any atom is 0.380 e. The molecule has 1 heterocycles. The largest absolute Gasteiger partial charge is 0.484 e. The number of hydrogen-bond donors (Lipinski definition) is 1. The molecule has 0 radical (unpaired) electrons. The summed E-state index contributed by atoms with van der Waals surface area (Å²) in [5, 5.41) is 4.88. The fraction of sp³-hybridized carbons (Fsp3) is 0.278. The molecule has 1 unspecified atom stereocenters. The maximum absolute atomic E-state index is 12.4. The molecule has 25 heavy (non-hydrogen) atoms. The number of fused-ring (bicyclic) bond motifs is 2. The topological polar surface area (TPSA) is 95.7 Å². The van der Waals surface area contributed by atoms with Gasteiger partial charge in [-0.1, -0.05) is 18.2 Å². The first-order valence-corrected chi connectivity index (χ1v) is 9.54. The van der Waals surface area contributed by atoms with E-state index in [-0.39, 0.29) is 18.0 Å². The highest BCUT2D eigenvalue weighted by Crippen LogP contribution is 2.38. The standard InChI is InChI=1S/C18H17NO5S/c19-25(21,22)24-14-6-7-15-16(20)10-17(23-18(15)9-14)13-5-4-11-2-1-3-12(11)8-13/h4-9,17H,1-3,10H2,(H2,19,21,22). The van der Waals surface area contributed by atoms with Crippen LogP contribution in [-0.2, 0) is 23.1 Å². The quantitative estimate of drug-likeness (QED) is 0.908. The molecule has 6 nitrogen and oxygen atoms in total. The van der Waals surface area contributed by atoms with Crippen LogP contribution in [0.5, 0.6) is 11.5 Å². The summed E-state index contributed by atoms with van der Waals surface area (Å²) in [7, 11) is -4.13. The summed E-state index contributed by atoms with van der Waals surface area (Å²) in [6, 6.07) is 10.5. The van der Waals surface area contributed by atoms with Gasteiger partial charge in [-0.3, -0.25) is 4.79 Å². The zero-order valence-electron chi connectivity index (χ0n) is 13.4. The van der Waals surface area contributed by atoms with Gasteiger partial charge >= 0.3 is 10.3 Å². The van der Waals surface area contributed by atoms with Gasteiger partial charge in [0.2, 0.25) is 0 Å². The Labute approximate surface area is 145 Å². The van der Waals surface area contributed by atoms with Crippen LogP contribution in [0.15, 0.2) is 36.4 Å². The van der Waals surface area contributed by atoms with Gasteiger partial charge in [0.15, 0.2) is 5.78 Å². The smallest absolute Gasteiger partial charge is 0.380 e. The molecule has 0 aromatic heterocycles. The second kappa shape index (κ2) is 5.86. The summed E-state index contributed by atoms with van der Waals surface area (Å²) in [4.78, 5) is 12.4. The molecule has 1 aliphatic carbocycles. The second-order valence-electron chi connectivity index (χ2n) is 6.35. The van der Waals surface area contributed by atoms with Crippen molar-refractivity contribution in [3.63, 3.8) is 0 Å². The van der Waals surface area contributed by atoms with Gasteiger partial charge in [-0.05, 0) is 48.1 Å². The molecule has 2 N–H and O–H groups in total. The van der Waals surface area contributed by atoms with Gasteiger partial charge in [0.1, 0.15) is 17.6 Å². The van der Waals surface area contributed by atoms with Crippen LogP contribution in [0.25, 0.3) is 0 Å². The average Bonchev–Trinajstić information content (AvgIpc) is 3.00. The van der Waals surface area contributed by atoms with Crippen LogP contribution >= 0.6 is 0 Å². The van der Waals surface area contributed by atoms with Gasteiger partial charge in [-0.15, -0.1) is 0 Å². The first kappa shape index (κ1) is 16.1. The summed E-state index contributed by atoms with van der Waals surface area (Å²) in [5.41, 5.74) is 4.04. The van der Waals surface area contributed by atoms with Crippen molar-refractivity contribution in [1.29, 1.82) is 0 Å². The molecular formula is C18H17NO5S. The Morgan fingerprint density at radius 3 is 2.68 bits per heavy atom. The van der Waals surface area contributed by atoms with E-state index in [1.165, 1.54) is 29.3 Å². The van der Waals surface area contributed by atoms with E-state index in [1.807, 2.05) is 6.07 Å². The maximum atomic E-state index is 12.4. The Morgan fingerprint density at radius 2 is 1.88 bits per heavy atom. The number of Topliss-reactive ketones (excluding diaryl/α,β-unsaturated/α-hetero) is 1. The molecule has 2 aromatic rings. The number of nitrogens with two attached hydrogens (primary N) is 1. The van der Waals surface area contributed by atoms with Gasteiger partial charge in [0, 0.05) is 6.07 Å². The average molecular weight is 359 g/mol. The molecule has 0 saturated heterocycles. The summed E-state index contributed by atoms with van der Waals surface area (Å²) < 4.78 is 32.8. The first-order valence-electron chi connectivity index (χ1n) is 8.07. The molecule has 0 spiro atoms. The van der Waals surface area contributed by atoms with Crippen LogP contribution in [0.3, 0.4) is 0 Å². The monoisotopic (exact) mass is 359 g/mol. The zero-order valence-corrected chi connectivity index (χ0v) is 14.2. The molecule has 0 saturated carbocycles. The summed E-state index contributed by atoms with van der Waals surface area (Å²) in [5.74, 6) is 0.278. The highest BCUT2D eigenvalue weighted by molar-refractivity contribution is 7.84. The Kier molecular flexibility index (Phi) is 3.77. The van der Waals surface area contributed by atoms with E-state index in [0.717, 1.165) is 24.8 Å². The molecule has 0 fully saturated rings. The van der Waals surface area contributed by atoms with Crippen LogP contribution in [0.2, 0.25) is 0 Å². The molecule has 130 valence electrons. The van der Waals surface area contributed by atoms with E-state index in [2.05, 4.69) is 16.3 Å². The third-order valence-electron chi connectivity index (χ3n) is 4.60. The Balaban J connectivity index is 1.65. The molecule has 1 aliphatic heterocycles. The van der Waals surface area contributed by atoms with Crippen molar-refractivity contribution in [1.82, 2.24) is 0 Å². The van der Waals surface area contributed by atoms with Crippen molar-refractivity contribution in [3.05, 3.63) is 58.7 Å². The second-order valence-corrected chi connectivity index (χ2v) is 7.50. The number of aryl methyl sites for hydroxylation is 2. The van der Waals surface area contributed by atoms with E-state index < -0.39 is 16.4 Å². The van der Waals surface area contributed by atoms with Gasteiger partial charge in [0.25, 0.3) is 0 Å². The minimum absolute atomic E-state index is 0.0173. The normalized spacial score (nSPS) is 19.1. The summed E-state index contributed by atoms with van der Waals surface area (Å²) >= 11 is 0. The fourth-order valence-electron chi connectivity index (χ4n) is 3.47. The Hall–Kier alpha value is -2.38. The predicted molar refractivity (Wildman–Crippen MR) is 91.0 cm³/mol. The number of hydrogen-bond acceptors (Lipinski definition) is 5. The number of rotatable bonds is 3. The highest BCUT2D eigenvalue weighted by atomic mass is 32.2. The fourth-order valence-corrected chi connectivity index (χ4v) is 3.84. The van der Waals surface area contributed by atoms with E-state index in [4.69, 9.17) is 9.88 Å². The van der Waals surface area contributed by atoms with Crippen molar-refractivity contribution in [3.8, 4) is 11.5 Å². The predicted octanol–water partition coefficient (Wildman–Crippen LogP) is 2.46. The molecule has 2 aromatic carbocycles. The number of ketones is 1. The molecule has 2 aliphatic rings. The highest BCUT2D eigenvalue weighted by Gasteiger charge is 2.29. The van der Waals surface area contributed by atoms with Gasteiger partial charge in [-0.2, -0.15) is 13.6 Å².